The highest BCUT2D eigenvalue weighted by Gasteiger charge is 2.69. The van der Waals surface area contributed by atoms with Crippen LogP contribution in [0.5, 0.6) is 0 Å². The summed E-state index contributed by atoms with van der Waals surface area (Å²) in [7, 11) is 4.02. The average Bonchev–Trinajstić information content (AvgIpc) is 3.18. The van der Waals surface area contributed by atoms with Gasteiger partial charge in [-0.25, -0.2) is 0 Å². The molecule has 5 nitrogen and oxygen atoms in total. The smallest absolute Gasteiger partial charge is 0.189 e. The van der Waals surface area contributed by atoms with Gasteiger partial charge in [0.05, 0.1) is 5.54 Å². The summed E-state index contributed by atoms with van der Waals surface area (Å²) >= 11 is 0. The first kappa shape index (κ1) is 26.9. The van der Waals surface area contributed by atoms with Gasteiger partial charge in [0.1, 0.15) is 0 Å². The first-order valence-electron chi connectivity index (χ1n) is 14.6. The first-order valence-corrected chi connectivity index (χ1v) is 17.1. The zero-order valence-corrected chi connectivity index (χ0v) is 24.1. The van der Waals surface area contributed by atoms with Crippen molar-refractivity contribution < 1.29 is 9.90 Å². The van der Waals surface area contributed by atoms with E-state index in [9.17, 15) is 9.90 Å². The highest BCUT2D eigenvalue weighted by atomic mass is 33.1. The van der Waals surface area contributed by atoms with Gasteiger partial charge in [-0.3, -0.25) is 9.79 Å². The number of aliphatic imine (C=N–C) groups is 1. The number of carbonyl (C=O) groups excluding carboxylic acids is 1. The Morgan fingerprint density at radius 1 is 1.19 bits per heavy atom. The van der Waals surface area contributed by atoms with Crippen molar-refractivity contribution >= 4 is 33.3 Å². The molecular weight excluding hydrogens is 486 g/mol. The second kappa shape index (κ2) is 10.8. The molecule has 6 atom stereocenters. The topological polar surface area (TPSA) is 87.7 Å². The van der Waals surface area contributed by atoms with Gasteiger partial charge in [-0.1, -0.05) is 66.7 Å². The van der Waals surface area contributed by atoms with E-state index < -0.39 is 0 Å². The summed E-state index contributed by atoms with van der Waals surface area (Å²) in [4.78, 5) is 18.2. The molecule has 4 N–H and O–H groups in total. The van der Waals surface area contributed by atoms with E-state index in [-0.39, 0.29) is 23.0 Å². The summed E-state index contributed by atoms with van der Waals surface area (Å²) in [5.41, 5.74) is 9.00. The number of allylic oxidation sites excluding steroid dienone is 2. The van der Waals surface area contributed by atoms with Crippen molar-refractivity contribution in [1.29, 1.82) is 0 Å². The molecule has 2 spiro atoms. The molecular formula is C29H47N3O2S2. The highest BCUT2D eigenvalue weighted by molar-refractivity contribution is 8.76. The van der Waals surface area contributed by atoms with Crippen LogP contribution < -0.4 is 11.1 Å². The lowest BCUT2D eigenvalue weighted by Gasteiger charge is -2.57. The van der Waals surface area contributed by atoms with E-state index >= 15 is 0 Å². The number of ketones is 1. The lowest BCUT2D eigenvalue weighted by Crippen LogP contribution is -2.56. The van der Waals surface area contributed by atoms with Crippen LogP contribution in [0.1, 0.15) is 97.3 Å². The Morgan fingerprint density at radius 3 is 2.83 bits per heavy atom. The van der Waals surface area contributed by atoms with E-state index in [2.05, 4.69) is 24.2 Å². The predicted octanol–water partition coefficient (Wildman–Crippen LogP) is 5.87. The maximum absolute atomic E-state index is 13.8. The molecule has 0 aromatic carbocycles. The van der Waals surface area contributed by atoms with E-state index in [1.165, 1.54) is 44.1 Å². The summed E-state index contributed by atoms with van der Waals surface area (Å²) < 4.78 is 0. The molecule has 0 amide bonds. The number of hydrogen-bond donors (Lipinski definition) is 3. The number of nitrogens with one attached hydrogen (secondary N) is 1. The van der Waals surface area contributed by atoms with Crippen LogP contribution in [-0.4, -0.2) is 47.0 Å². The van der Waals surface area contributed by atoms with Crippen LogP contribution in [0, 0.1) is 28.6 Å². The fourth-order valence-corrected chi connectivity index (χ4v) is 11.9. The third-order valence-electron chi connectivity index (χ3n) is 10.9. The van der Waals surface area contributed by atoms with Gasteiger partial charge in [0.2, 0.25) is 0 Å². The lowest BCUT2D eigenvalue weighted by atomic mass is 9.47. The van der Waals surface area contributed by atoms with Gasteiger partial charge in [-0.2, -0.15) is 0 Å². The van der Waals surface area contributed by atoms with Gasteiger partial charge in [0.15, 0.2) is 11.7 Å². The molecule has 3 aliphatic carbocycles. The third kappa shape index (κ3) is 4.47. The molecule has 2 aliphatic heterocycles. The van der Waals surface area contributed by atoms with Gasteiger partial charge in [-0.05, 0) is 80.1 Å². The number of nitrogens with zero attached hydrogens (tertiary/aromatic N) is 1. The standard InChI is InChI=1S/C29H47N3O2S2/c1-3-4-5-6-9-23-20(18-33)15-21-16-24-22-8-7-10-28(11-13-31-26(30)32-28)19-36-35-14-12-27(21,2)29(23,24)17-25(22)34/h20-21,23,33H,3-19H2,1-2H3,(H3,30,31,32)/t20-,21+,23+,27-,28-,29-/m0/s1. The minimum atomic E-state index is -0.0148. The largest absolute Gasteiger partial charge is 0.396 e. The number of nitrogens with two attached hydrogens (primary N) is 1. The van der Waals surface area contributed by atoms with Crippen molar-refractivity contribution in [2.75, 3.05) is 24.7 Å². The molecule has 2 fully saturated rings. The van der Waals surface area contributed by atoms with E-state index in [0.717, 1.165) is 56.6 Å². The molecule has 2 saturated carbocycles. The normalized spacial score (nSPS) is 40.9. The summed E-state index contributed by atoms with van der Waals surface area (Å²) in [5, 5.41) is 14.1. The second-order valence-corrected chi connectivity index (χ2v) is 15.2. The number of aliphatic hydroxyl groups is 1. The van der Waals surface area contributed by atoms with Crippen LogP contribution in [0.25, 0.3) is 0 Å². The molecule has 5 bridgehead atoms. The second-order valence-electron chi connectivity index (χ2n) is 12.6. The van der Waals surface area contributed by atoms with Gasteiger partial charge >= 0.3 is 0 Å². The van der Waals surface area contributed by atoms with Crippen LogP contribution in [0.4, 0.5) is 0 Å². The maximum Gasteiger partial charge on any atom is 0.189 e. The minimum Gasteiger partial charge on any atom is -0.396 e. The van der Waals surface area contributed by atoms with Gasteiger partial charge in [-0.15, -0.1) is 0 Å². The lowest BCUT2D eigenvalue weighted by molar-refractivity contribution is -0.125. The Morgan fingerprint density at radius 2 is 2.06 bits per heavy atom. The quantitative estimate of drug-likeness (QED) is 0.292. The Balaban J connectivity index is 1.48. The van der Waals surface area contributed by atoms with E-state index in [4.69, 9.17) is 5.73 Å². The molecule has 0 aromatic rings. The number of guanidine groups is 1. The molecule has 0 unspecified atom stereocenters. The fourth-order valence-electron chi connectivity index (χ4n) is 9.04. The van der Waals surface area contributed by atoms with Crippen LogP contribution in [0.3, 0.4) is 0 Å². The molecule has 5 aliphatic rings. The molecule has 2 heterocycles. The predicted molar refractivity (Wildman–Crippen MR) is 153 cm³/mol. The molecule has 0 saturated heterocycles. The van der Waals surface area contributed by atoms with Gasteiger partial charge in [0.25, 0.3) is 0 Å². The summed E-state index contributed by atoms with van der Waals surface area (Å²) in [6.07, 6.45) is 14.3. The first-order chi connectivity index (χ1) is 17.4. The number of rotatable bonds is 6. The van der Waals surface area contributed by atoms with Crippen molar-refractivity contribution in [2.24, 2.45) is 39.3 Å². The van der Waals surface area contributed by atoms with Crippen LogP contribution >= 0.6 is 21.6 Å². The van der Waals surface area contributed by atoms with Crippen LogP contribution in [0.15, 0.2) is 16.1 Å². The van der Waals surface area contributed by atoms with E-state index in [1.54, 1.807) is 5.57 Å². The van der Waals surface area contributed by atoms with Crippen molar-refractivity contribution in [3.8, 4) is 0 Å². The van der Waals surface area contributed by atoms with Gasteiger partial charge in [0, 0.05) is 36.5 Å². The highest BCUT2D eigenvalue weighted by Crippen LogP contribution is 2.75. The molecule has 7 heteroatoms. The minimum absolute atomic E-state index is 0.00920. The Bertz CT molecular complexity index is 907. The van der Waals surface area contributed by atoms with E-state index in [0.29, 0.717) is 35.9 Å². The SMILES string of the molecule is CCCCCC[C@@H]1[C@H](CO)C[C@@H]2CC3=C4CCC[C@]5(CCN=C(N)N5)CSSCC[C@]2(C)[C@]31CC4=O. The Hall–Kier alpha value is -0.660. The fraction of sp³-hybridized carbons (Fsp3) is 0.862. The van der Waals surface area contributed by atoms with Crippen molar-refractivity contribution in [3.05, 3.63) is 11.1 Å². The Labute approximate surface area is 226 Å². The van der Waals surface area contributed by atoms with Gasteiger partial charge < -0.3 is 16.2 Å². The number of aliphatic hydroxyl groups excluding tert-OH is 1. The van der Waals surface area contributed by atoms with E-state index in [1.807, 2.05) is 21.6 Å². The number of carbonyl (C=O) groups is 1. The van der Waals surface area contributed by atoms with Crippen LogP contribution in [-0.2, 0) is 4.79 Å². The number of unbranched alkanes of at least 4 members (excludes halogenated alkanes) is 3. The maximum atomic E-state index is 13.8. The number of hydrogen-bond acceptors (Lipinski definition) is 7. The van der Waals surface area contributed by atoms with Crippen molar-refractivity contribution in [3.63, 3.8) is 0 Å². The summed E-state index contributed by atoms with van der Waals surface area (Å²) in [6, 6.07) is 0. The Kier molecular flexibility index (Phi) is 8.11. The average molecular weight is 534 g/mol. The molecule has 0 radical (unpaired) electrons. The summed E-state index contributed by atoms with van der Waals surface area (Å²) in [5.74, 6) is 4.57. The number of Topliss-reactive ketones (excluding diaryl/α,β-unsaturated/α-hetero) is 1. The van der Waals surface area contributed by atoms with Crippen LogP contribution in [0.2, 0.25) is 0 Å². The summed E-state index contributed by atoms with van der Waals surface area (Å²) in [6.45, 7) is 5.89. The van der Waals surface area contributed by atoms with Crippen molar-refractivity contribution in [1.82, 2.24) is 5.32 Å². The molecule has 5 rings (SSSR count). The monoisotopic (exact) mass is 533 g/mol. The zero-order chi connectivity index (χ0) is 25.4. The third-order valence-corrected chi connectivity index (χ3v) is 13.5. The molecule has 202 valence electrons. The molecule has 36 heavy (non-hydrogen) atoms. The molecule has 0 aromatic heterocycles. The zero-order valence-electron chi connectivity index (χ0n) is 22.4. The van der Waals surface area contributed by atoms with Crippen molar-refractivity contribution in [2.45, 2.75) is 103 Å².